The van der Waals surface area contributed by atoms with Gasteiger partial charge < -0.3 is 10.2 Å². The number of hydrogen-bond donors (Lipinski definition) is 1. The standard InChI is InChI=1S/C13H16N4O/c1-13(12(18)15-2)5-6-17(9-13)11-4-3-10(7-14)16-8-11/h3-4,8H,5-6,9H2,1-2H3,(H,15,18). The van der Waals surface area contributed by atoms with E-state index in [1.807, 2.05) is 19.1 Å². The molecule has 0 aromatic carbocycles. The smallest absolute Gasteiger partial charge is 0.227 e. The number of pyridine rings is 1. The number of nitriles is 1. The van der Waals surface area contributed by atoms with Gasteiger partial charge in [0.2, 0.25) is 5.91 Å². The van der Waals surface area contributed by atoms with Gasteiger partial charge in [-0.1, -0.05) is 0 Å². The normalized spacial score (nSPS) is 22.6. The zero-order chi connectivity index (χ0) is 13.2. The summed E-state index contributed by atoms with van der Waals surface area (Å²) < 4.78 is 0. The summed E-state index contributed by atoms with van der Waals surface area (Å²) in [6, 6.07) is 5.57. The van der Waals surface area contributed by atoms with E-state index in [9.17, 15) is 4.79 Å². The first-order valence-corrected chi connectivity index (χ1v) is 5.92. The van der Waals surface area contributed by atoms with Crippen LogP contribution in [0.15, 0.2) is 18.3 Å². The SMILES string of the molecule is CNC(=O)C1(C)CCN(c2ccc(C#N)nc2)C1. The van der Waals surface area contributed by atoms with E-state index in [0.717, 1.165) is 18.7 Å². The van der Waals surface area contributed by atoms with Crippen molar-refractivity contribution in [3.63, 3.8) is 0 Å². The summed E-state index contributed by atoms with van der Waals surface area (Å²) in [6.07, 6.45) is 2.51. The van der Waals surface area contributed by atoms with Crippen molar-refractivity contribution >= 4 is 11.6 Å². The minimum atomic E-state index is -0.345. The fourth-order valence-corrected chi connectivity index (χ4v) is 2.31. The number of aromatic nitrogens is 1. The van der Waals surface area contributed by atoms with Gasteiger partial charge in [-0.05, 0) is 25.5 Å². The third-order valence-electron chi connectivity index (χ3n) is 3.48. The van der Waals surface area contributed by atoms with Crippen LogP contribution in [-0.2, 0) is 4.79 Å². The first-order valence-electron chi connectivity index (χ1n) is 5.92. The van der Waals surface area contributed by atoms with Crippen molar-refractivity contribution in [3.05, 3.63) is 24.0 Å². The highest BCUT2D eigenvalue weighted by Crippen LogP contribution is 2.33. The number of carbonyl (C=O) groups is 1. The molecule has 1 saturated heterocycles. The summed E-state index contributed by atoms with van der Waals surface area (Å²) in [6.45, 7) is 3.49. The van der Waals surface area contributed by atoms with Crippen molar-refractivity contribution in [2.24, 2.45) is 5.41 Å². The van der Waals surface area contributed by atoms with E-state index in [-0.39, 0.29) is 11.3 Å². The Kier molecular flexibility index (Phi) is 3.19. The quantitative estimate of drug-likeness (QED) is 0.839. The summed E-state index contributed by atoms with van der Waals surface area (Å²) in [4.78, 5) is 18.0. The second-order valence-corrected chi connectivity index (χ2v) is 4.82. The molecule has 1 aliphatic rings. The molecular weight excluding hydrogens is 228 g/mol. The maximum Gasteiger partial charge on any atom is 0.227 e. The maximum atomic E-state index is 11.8. The van der Waals surface area contributed by atoms with E-state index in [0.29, 0.717) is 12.2 Å². The molecule has 1 unspecified atom stereocenters. The van der Waals surface area contributed by atoms with Crippen LogP contribution in [0.25, 0.3) is 0 Å². The summed E-state index contributed by atoms with van der Waals surface area (Å²) in [5, 5.41) is 11.4. The van der Waals surface area contributed by atoms with Gasteiger partial charge in [-0.25, -0.2) is 4.98 Å². The van der Waals surface area contributed by atoms with Crippen molar-refractivity contribution < 1.29 is 4.79 Å². The van der Waals surface area contributed by atoms with Crippen molar-refractivity contribution in [2.75, 3.05) is 25.0 Å². The predicted molar refractivity (Wildman–Crippen MR) is 68.0 cm³/mol. The van der Waals surface area contributed by atoms with Gasteiger partial charge in [-0.2, -0.15) is 5.26 Å². The lowest BCUT2D eigenvalue weighted by molar-refractivity contribution is -0.128. The van der Waals surface area contributed by atoms with Crippen LogP contribution < -0.4 is 10.2 Å². The van der Waals surface area contributed by atoms with Crippen LogP contribution in [0.1, 0.15) is 19.0 Å². The molecule has 1 aromatic rings. The van der Waals surface area contributed by atoms with Crippen molar-refractivity contribution in [1.82, 2.24) is 10.3 Å². The van der Waals surface area contributed by atoms with E-state index < -0.39 is 0 Å². The molecule has 0 saturated carbocycles. The Bertz CT molecular complexity index is 491. The van der Waals surface area contributed by atoms with Gasteiger partial charge in [0.1, 0.15) is 11.8 Å². The number of carbonyl (C=O) groups excluding carboxylic acids is 1. The number of rotatable bonds is 2. The Balaban J connectivity index is 2.13. The number of nitrogens with one attached hydrogen (secondary N) is 1. The Hall–Kier alpha value is -2.09. The topological polar surface area (TPSA) is 69.0 Å². The average molecular weight is 244 g/mol. The lowest BCUT2D eigenvalue weighted by Gasteiger charge is -2.23. The molecule has 0 spiro atoms. The fraction of sp³-hybridized carbons (Fsp3) is 0.462. The second-order valence-electron chi connectivity index (χ2n) is 4.82. The van der Waals surface area contributed by atoms with E-state index in [2.05, 4.69) is 15.2 Å². The molecule has 0 aliphatic carbocycles. The number of nitrogens with zero attached hydrogens (tertiary/aromatic N) is 3. The summed E-state index contributed by atoms with van der Waals surface area (Å²) >= 11 is 0. The molecule has 1 atom stereocenters. The molecule has 1 amide bonds. The third kappa shape index (κ3) is 2.14. The van der Waals surface area contributed by atoms with Crippen molar-refractivity contribution in [3.8, 4) is 6.07 Å². The highest BCUT2D eigenvalue weighted by molar-refractivity contribution is 5.83. The molecule has 94 valence electrons. The Labute approximate surface area is 106 Å². The predicted octanol–water partition coefficient (Wildman–Crippen LogP) is 0.916. The maximum absolute atomic E-state index is 11.8. The molecule has 18 heavy (non-hydrogen) atoms. The molecule has 1 aromatic heterocycles. The van der Waals surface area contributed by atoms with Crippen LogP contribution in [0.4, 0.5) is 5.69 Å². The Morgan fingerprint density at radius 2 is 2.39 bits per heavy atom. The van der Waals surface area contributed by atoms with Crippen molar-refractivity contribution in [2.45, 2.75) is 13.3 Å². The Morgan fingerprint density at radius 3 is 2.94 bits per heavy atom. The fourth-order valence-electron chi connectivity index (χ4n) is 2.31. The lowest BCUT2D eigenvalue weighted by atomic mass is 9.89. The van der Waals surface area contributed by atoms with Gasteiger partial charge in [-0.3, -0.25) is 4.79 Å². The van der Waals surface area contributed by atoms with Crippen LogP contribution in [0.2, 0.25) is 0 Å². The number of anilines is 1. The molecule has 2 rings (SSSR count). The van der Waals surface area contributed by atoms with E-state index in [1.165, 1.54) is 0 Å². The van der Waals surface area contributed by atoms with Crippen LogP contribution in [0.5, 0.6) is 0 Å². The second kappa shape index (κ2) is 4.65. The zero-order valence-electron chi connectivity index (χ0n) is 10.6. The molecule has 1 N–H and O–H groups in total. The lowest BCUT2D eigenvalue weighted by Crippen LogP contribution is -2.39. The van der Waals surface area contributed by atoms with Crippen LogP contribution in [0.3, 0.4) is 0 Å². The molecule has 5 nitrogen and oxygen atoms in total. The largest absolute Gasteiger partial charge is 0.369 e. The summed E-state index contributed by atoms with van der Waals surface area (Å²) in [5.74, 6) is 0.0756. The highest BCUT2D eigenvalue weighted by Gasteiger charge is 2.39. The van der Waals surface area contributed by atoms with Crippen LogP contribution in [-0.4, -0.2) is 31.0 Å². The molecule has 1 aliphatic heterocycles. The van der Waals surface area contributed by atoms with Gasteiger partial charge >= 0.3 is 0 Å². The first-order chi connectivity index (χ1) is 8.59. The van der Waals surface area contributed by atoms with Gasteiger partial charge in [-0.15, -0.1) is 0 Å². The molecule has 2 heterocycles. The van der Waals surface area contributed by atoms with Gasteiger partial charge in [0, 0.05) is 20.1 Å². The third-order valence-corrected chi connectivity index (χ3v) is 3.48. The van der Waals surface area contributed by atoms with Crippen LogP contribution >= 0.6 is 0 Å². The molecule has 0 radical (unpaired) electrons. The molecule has 5 heteroatoms. The minimum Gasteiger partial charge on any atom is -0.369 e. The van der Waals surface area contributed by atoms with Gasteiger partial charge in [0.25, 0.3) is 0 Å². The first kappa shape index (κ1) is 12.4. The zero-order valence-corrected chi connectivity index (χ0v) is 10.6. The van der Waals surface area contributed by atoms with Gasteiger partial charge in [0.05, 0.1) is 17.3 Å². The molecule has 1 fully saturated rings. The van der Waals surface area contributed by atoms with Crippen molar-refractivity contribution in [1.29, 1.82) is 5.26 Å². The van der Waals surface area contributed by atoms with E-state index in [1.54, 1.807) is 19.3 Å². The van der Waals surface area contributed by atoms with E-state index in [4.69, 9.17) is 5.26 Å². The molecule has 0 bridgehead atoms. The van der Waals surface area contributed by atoms with E-state index >= 15 is 0 Å². The minimum absolute atomic E-state index is 0.0756. The Morgan fingerprint density at radius 1 is 1.61 bits per heavy atom. The summed E-state index contributed by atoms with van der Waals surface area (Å²) in [5.41, 5.74) is 1.02. The summed E-state index contributed by atoms with van der Waals surface area (Å²) in [7, 11) is 1.67. The van der Waals surface area contributed by atoms with Crippen LogP contribution in [0, 0.1) is 16.7 Å². The number of hydrogen-bond acceptors (Lipinski definition) is 4. The number of amides is 1. The van der Waals surface area contributed by atoms with Gasteiger partial charge in [0.15, 0.2) is 0 Å². The highest BCUT2D eigenvalue weighted by atomic mass is 16.2. The monoisotopic (exact) mass is 244 g/mol. The average Bonchev–Trinajstić information content (AvgIpc) is 2.82. The molecular formula is C13H16N4O.